The molecule has 0 radical (unpaired) electrons. The van der Waals surface area contributed by atoms with Gasteiger partial charge in [0.1, 0.15) is 5.75 Å². The molecular weight excluding hydrogens is 603 g/mol. The Morgan fingerprint density at radius 2 is 1.19 bits per heavy atom. The average molecular weight is 656 g/mol. The highest BCUT2D eigenvalue weighted by molar-refractivity contribution is 5.90. The van der Waals surface area contributed by atoms with E-state index in [1.807, 2.05) is 54.7 Å². The Kier molecular flexibility index (Phi) is 17.4. The van der Waals surface area contributed by atoms with Crippen LogP contribution in [0.4, 0.5) is 13.2 Å². The number of rotatable bonds is 23. The van der Waals surface area contributed by atoms with E-state index in [1.165, 1.54) is 51.4 Å². The molecule has 0 bridgehead atoms. The third kappa shape index (κ3) is 14.9. The smallest absolute Gasteiger partial charge is 0.414 e. The highest BCUT2D eigenvalue weighted by atomic mass is 19.4. The van der Waals surface area contributed by atoms with Gasteiger partial charge in [0.25, 0.3) is 0 Å². The molecule has 0 aliphatic heterocycles. The number of unbranched alkanes of at least 4 members (excludes halogenated alkanes) is 12. The number of pyridine rings is 1. The molecule has 3 aromatic rings. The van der Waals surface area contributed by atoms with Crippen LogP contribution in [0.25, 0.3) is 22.4 Å². The molecule has 0 amide bonds. The van der Waals surface area contributed by atoms with Gasteiger partial charge in [-0.05, 0) is 74.2 Å². The summed E-state index contributed by atoms with van der Waals surface area (Å²) in [6.07, 6.45) is 11.2. The number of benzene rings is 2. The molecule has 47 heavy (non-hydrogen) atoms. The maximum Gasteiger partial charge on any atom is 0.414 e. The average Bonchev–Trinajstić information content (AvgIpc) is 3.08. The zero-order valence-corrected chi connectivity index (χ0v) is 28.2. The number of alkyl halides is 3. The molecule has 8 heteroatoms. The van der Waals surface area contributed by atoms with Crippen molar-refractivity contribution in [2.24, 2.45) is 0 Å². The predicted molar refractivity (Wildman–Crippen MR) is 183 cm³/mol. The van der Waals surface area contributed by atoms with E-state index in [9.17, 15) is 18.0 Å². The Morgan fingerprint density at radius 1 is 0.660 bits per heavy atom. The van der Waals surface area contributed by atoms with Gasteiger partial charge in [0.05, 0.1) is 24.5 Å². The maximum atomic E-state index is 12.4. The van der Waals surface area contributed by atoms with Crippen molar-refractivity contribution in [1.82, 2.24) is 4.98 Å². The first kappa shape index (κ1) is 38.1. The Labute approximate surface area is 279 Å². The van der Waals surface area contributed by atoms with E-state index in [2.05, 4.69) is 11.9 Å². The number of carbonyl (C=O) groups is 1. The highest BCUT2D eigenvalue weighted by Crippen LogP contribution is 2.25. The Morgan fingerprint density at radius 3 is 1.77 bits per heavy atom. The molecule has 1 unspecified atom stereocenters. The Bertz CT molecular complexity index is 1260. The molecular formula is C39H52F3NO4. The van der Waals surface area contributed by atoms with Crippen LogP contribution in [-0.4, -0.2) is 43.1 Å². The summed E-state index contributed by atoms with van der Waals surface area (Å²) in [7, 11) is 0. The first-order valence-electron chi connectivity index (χ1n) is 17.4. The SMILES string of the molecule is CCCCCCCCCCCOc1ccc(-c2ccc(-c3ccc(C(=O)OCCCCCCCOC(C)C(F)(F)F)cc3)cn2)cc1. The number of hydrogen-bond donors (Lipinski definition) is 0. The van der Waals surface area contributed by atoms with Crippen LogP contribution in [0.2, 0.25) is 0 Å². The number of aromatic nitrogens is 1. The maximum absolute atomic E-state index is 12.4. The Hall–Kier alpha value is -3.39. The molecule has 3 rings (SSSR count). The van der Waals surface area contributed by atoms with Crippen molar-refractivity contribution in [3.8, 4) is 28.1 Å². The number of halogens is 3. The van der Waals surface area contributed by atoms with Gasteiger partial charge in [0, 0.05) is 23.9 Å². The van der Waals surface area contributed by atoms with Crippen molar-refractivity contribution < 1.29 is 32.2 Å². The fraction of sp³-hybridized carbons (Fsp3) is 0.538. The van der Waals surface area contributed by atoms with Gasteiger partial charge in [0.2, 0.25) is 0 Å². The van der Waals surface area contributed by atoms with E-state index in [-0.39, 0.29) is 12.6 Å². The zero-order chi connectivity index (χ0) is 33.7. The lowest BCUT2D eigenvalue weighted by Crippen LogP contribution is -2.28. The van der Waals surface area contributed by atoms with Crippen molar-refractivity contribution >= 4 is 5.97 Å². The number of ether oxygens (including phenoxy) is 3. The zero-order valence-electron chi connectivity index (χ0n) is 28.2. The second kappa shape index (κ2) is 21.5. The minimum atomic E-state index is -4.32. The van der Waals surface area contributed by atoms with E-state index in [4.69, 9.17) is 14.2 Å². The van der Waals surface area contributed by atoms with Crippen LogP contribution < -0.4 is 4.74 Å². The number of nitrogens with zero attached hydrogens (tertiary/aromatic N) is 1. The van der Waals surface area contributed by atoms with Crippen LogP contribution in [0.3, 0.4) is 0 Å². The minimum absolute atomic E-state index is 0.0923. The first-order chi connectivity index (χ1) is 22.8. The topological polar surface area (TPSA) is 57.7 Å². The summed E-state index contributed by atoms with van der Waals surface area (Å²) < 4.78 is 53.4. The van der Waals surface area contributed by atoms with Crippen molar-refractivity contribution in [2.75, 3.05) is 19.8 Å². The fourth-order valence-corrected chi connectivity index (χ4v) is 5.20. The second-order valence-corrected chi connectivity index (χ2v) is 12.2. The molecule has 2 aromatic carbocycles. The summed E-state index contributed by atoms with van der Waals surface area (Å²) in [5.41, 5.74) is 4.29. The summed E-state index contributed by atoms with van der Waals surface area (Å²) in [5, 5.41) is 0. The summed E-state index contributed by atoms with van der Waals surface area (Å²) in [6, 6.07) is 19.3. The molecule has 1 atom stereocenters. The van der Waals surface area contributed by atoms with Crippen LogP contribution in [0.5, 0.6) is 5.75 Å². The van der Waals surface area contributed by atoms with Gasteiger partial charge in [-0.1, -0.05) is 95.8 Å². The van der Waals surface area contributed by atoms with E-state index in [1.54, 1.807) is 12.1 Å². The quantitative estimate of drug-likeness (QED) is 0.0751. The van der Waals surface area contributed by atoms with Crippen molar-refractivity contribution in [3.05, 3.63) is 72.4 Å². The van der Waals surface area contributed by atoms with Gasteiger partial charge in [-0.2, -0.15) is 13.2 Å². The molecule has 258 valence electrons. The lowest BCUT2D eigenvalue weighted by molar-refractivity contribution is -0.214. The van der Waals surface area contributed by atoms with E-state index in [0.29, 0.717) is 25.0 Å². The van der Waals surface area contributed by atoms with Crippen molar-refractivity contribution in [1.29, 1.82) is 0 Å². The lowest BCUT2D eigenvalue weighted by Gasteiger charge is -2.16. The number of carbonyl (C=O) groups excluding carboxylic acids is 1. The molecule has 0 spiro atoms. The Balaban J connectivity index is 1.31. The fourth-order valence-electron chi connectivity index (χ4n) is 5.20. The second-order valence-electron chi connectivity index (χ2n) is 12.2. The molecule has 0 aliphatic rings. The summed E-state index contributed by atoms with van der Waals surface area (Å²) >= 11 is 0. The lowest BCUT2D eigenvalue weighted by atomic mass is 10.0. The van der Waals surface area contributed by atoms with Crippen LogP contribution >= 0.6 is 0 Å². The van der Waals surface area contributed by atoms with Crippen molar-refractivity contribution in [3.63, 3.8) is 0 Å². The van der Waals surface area contributed by atoms with E-state index in [0.717, 1.165) is 67.3 Å². The monoisotopic (exact) mass is 655 g/mol. The van der Waals surface area contributed by atoms with Crippen LogP contribution in [0, 0.1) is 0 Å². The van der Waals surface area contributed by atoms with Gasteiger partial charge < -0.3 is 14.2 Å². The van der Waals surface area contributed by atoms with Gasteiger partial charge in [0.15, 0.2) is 6.10 Å². The van der Waals surface area contributed by atoms with Gasteiger partial charge >= 0.3 is 12.1 Å². The van der Waals surface area contributed by atoms with Gasteiger partial charge in [-0.15, -0.1) is 0 Å². The predicted octanol–water partition coefficient (Wildman–Crippen LogP) is 11.4. The highest BCUT2D eigenvalue weighted by Gasteiger charge is 2.36. The molecule has 0 saturated carbocycles. The third-order valence-electron chi connectivity index (χ3n) is 8.23. The van der Waals surface area contributed by atoms with Crippen LogP contribution in [0.1, 0.15) is 114 Å². The summed E-state index contributed by atoms with van der Waals surface area (Å²) in [5.74, 6) is 0.505. The third-order valence-corrected chi connectivity index (χ3v) is 8.23. The molecule has 5 nitrogen and oxygen atoms in total. The van der Waals surface area contributed by atoms with E-state index >= 15 is 0 Å². The number of hydrogen-bond acceptors (Lipinski definition) is 5. The molecule has 0 N–H and O–H groups in total. The number of esters is 1. The largest absolute Gasteiger partial charge is 0.494 e. The minimum Gasteiger partial charge on any atom is -0.494 e. The van der Waals surface area contributed by atoms with Crippen LogP contribution in [0.15, 0.2) is 66.9 Å². The van der Waals surface area contributed by atoms with Gasteiger partial charge in [-0.25, -0.2) is 4.79 Å². The normalized spacial score (nSPS) is 12.2. The molecule has 1 aromatic heterocycles. The van der Waals surface area contributed by atoms with E-state index < -0.39 is 12.3 Å². The molecule has 0 saturated heterocycles. The standard InChI is InChI=1S/C39H52F3NO4/c1-3-4-5-6-7-8-9-11-15-28-46-36-24-21-33(22-25-36)37-26-23-35(30-43-37)32-17-19-34(20-18-32)38(44)47-29-16-13-10-12-14-27-45-31(2)39(40,41)42/h17-26,30-31H,3-16,27-29H2,1-2H3. The first-order valence-corrected chi connectivity index (χ1v) is 17.4. The molecule has 1 heterocycles. The summed E-state index contributed by atoms with van der Waals surface area (Å²) in [6.45, 7) is 4.42. The molecule has 0 fully saturated rings. The van der Waals surface area contributed by atoms with Gasteiger partial charge in [-0.3, -0.25) is 4.98 Å². The summed E-state index contributed by atoms with van der Waals surface area (Å²) in [4.78, 5) is 17.1. The molecule has 0 aliphatic carbocycles. The van der Waals surface area contributed by atoms with Crippen molar-refractivity contribution in [2.45, 2.75) is 116 Å². The van der Waals surface area contributed by atoms with Crippen LogP contribution in [-0.2, 0) is 9.47 Å².